The molecule has 2 heteroatoms. The van der Waals surface area contributed by atoms with Crippen molar-refractivity contribution >= 4 is 32.3 Å². The zero-order valence-corrected chi connectivity index (χ0v) is 44.8. The standard InChI is InChI=1S/C80H52O2/c1-4-24-53(25-5-1)67-51-57(48-54-26-10-11-35-62(54)67)78-65-38-22-36-63(55-27-20-33-60(49-55)79(58-29-6-2-7-30-58)70-40-12-16-44-74(70)81-75-45-17-13-41-71(75)79)68(65)52-69-64(37-23-39-66(69)78)56-28-21-34-61(50-56)80(59-31-8-3-9-32-59)72-42-14-18-46-76(72)82-77-47-19-15-43-73(77)80/h1-52H. The molecule has 0 saturated heterocycles. The maximum Gasteiger partial charge on any atom is 0.132 e. The van der Waals surface area contributed by atoms with Crippen LogP contribution >= 0.6 is 0 Å². The summed E-state index contributed by atoms with van der Waals surface area (Å²) < 4.78 is 13.5. The topological polar surface area (TPSA) is 18.5 Å². The molecule has 0 saturated carbocycles. The zero-order chi connectivity index (χ0) is 54.2. The van der Waals surface area contributed by atoms with E-state index in [0.29, 0.717) is 0 Å². The van der Waals surface area contributed by atoms with Gasteiger partial charge in [-0.3, -0.25) is 0 Å². The van der Waals surface area contributed by atoms with E-state index in [1.54, 1.807) is 0 Å². The molecule has 0 N–H and O–H groups in total. The first kappa shape index (κ1) is 47.5. The molecule has 2 aliphatic heterocycles. The second-order valence-electron chi connectivity index (χ2n) is 21.7. The summed E-state index contributed by atoms with van der Waals surface area (Å²) in [5.74, 6) is 3.44. The Morgan fingerprint density at radius 2 is 0.573 bits per heavy atom. The Morgan fingerprint density at radius 1 is 0.207 bits per heavy atom. The van der Waals surface area contributed by atoms with Gasteiger partial charge in [-0.2, -0.15) is 0 Å². The van der Waals surface area contributed by atoms with Gasteiger partial charge in [0.15, 0.2) is 0 Å². The third kappa shape index (κ3) is 7.21. The molecule has 2 heterocycles. The second kappa shape index (κ2) is 19.1. The van der Waals surface area contributed by atoms with Crippen molar-refractivity contribution in [3.8, 4) is 67.5 Å². The van der Waals surface area contributed by atoms with Crippen LogP contribution in [0, 0.1) is 0 Å². The van der Waals surface area contributed by atoms with Gasteiger partial charge in [0.25, 0.3) is 0 Å². The number of rotatable bonds is 8. The van der Waals surface area contributed by atoms with Crippen LogP contribution in [-0.2, 0) is 10.8 Å². The molecule has 0 aromatic heterocycles. The van der Waals surface area contributed by atoms with Crippen molar-refractivity contribution in [2.24, 2.45) is 0 Å². The lowest BCUT2D eigenvalue weighted by molar-refractivity contribution is 0.434. The molecule has 0 bridgehead atoms. The molecular weight excluding hydrogens is 993 g/mol. The normalized spacial score (nSPS) is 13.5. The highest BCUT2D eigenvalue weighted by Gasteiger charge is 2.47. The molecule has 14 aromatic carbocycles. The molecule has 0 amide bonds. The van der Waals surface area contributed by atoms with Gasteiger partial charge in [0.1, 0.15) is 23.0 Å². The third-order valence-electron chi connectivity index (χ3n) is 17.5. The van der Waals surface area contributed by atoms with Crippen molar-refractivity contribution in [1.29, 1.82) is 0 Å². The van der Waals surface area contributed by atoms with Crippen LogP contribution in [-0.4, -0.2) is 0 Å². The van der Waals surface area contributed by atoms with E-state index >= 15 is 0 Å². The molecule has 0 radical (unpaired) electrons. The van der Waals surface area contributed by atoms with Crippen LogP contribution < -0.4 is 9.47 Å². The molecule has 2 nitrogen and oxygen atoms in total. The highest BCUT2D eigenvalue weighted by Crippen LogP contribution is 2.58. The van der Waals surface area contributed by atoms with Gasteiger partial charge in [-0.1, -0.05) is 261 Å². The van der Waals surface area contributed by atoms with E-state index in [4.69, 9.17) is 9.47 Å². The zero-order valence-electron chi connectivity index (χ0n) is 44.8. The number of benzene rings is 14. The quantitative estimate of drug-likeness (QED) is 0.141. The fourth-order valence-corrected chi connectivity index (χ4v) is 14.1. The summed E-state index contributed by atoms with van der Waals surface area (Å²) in [5, 5.41) is 7.15. The lowest BCUT2D eigenvalue weighted by Gasteiger charge is -2.41. The summed E-state index contributed by atoms with van der Waals surface area (Å²) in [6, 6.07) is 116. The molecular formula is C80H52O2. The average molecular weight is 1050 g/mol. The van der Waals surface area contributed by atoms with Gasteiger partial charge in [0.2, 0.25) is 0 Å². The summed E-state index contributed by atoms with van der Waals surface area (Å²) in [4.78, 5) is 0. The van der Waals surface area contributed by atoms with E-state index < -0.39 is 10.8 Å². The first-order chi connectivity index (χ1) is 40.7. The second-order valence-corrected chi connectivity index (χ2v) is 21.7. The van der Waals surface area contributed by atoms with Crippen LogP contribution in [0.25, 0.3) is 76.8 Å². The average Bonchev–Trinajstić information content (AvgIpc) is 3.15. The van der Waals surface area contributed by atoms with E-state index in [1.165, 1.54) is 76.8 Å². The number of para-hydroxylation sites is 4. The maximum absolute atomic E-state index is 6.75. The van der Waals surface area contributed by atoms with Gasteiger partial charge in [-0.25, -0.2) is 0 Å². The first-order valence-electron chi connectivity index (χ1n) is 28.3. The van der Waals surface area contributed by atoms with Crippen LogP contribution in [0.5, 0.6) is 23.0 Å². The predicted molar refractivity (Wildman–Crippen MR) is 337 cm³/mol. The van der Waals surface area contributed by atoms with E-state index in [9.17, 15) is 0 Å². The predicted octanol–water partition coefficient (Wildman–Crippen LogP) is 20.8. The minimum absolute atomic E-state index is 0.676. The molecule has 0 spiro atoms. The third-order valence-corrected chi connectivity index (χ3v) is 17.5. The fraction of sp³-hybridized carbons (Fsp3) is 0.0250. The monoisotopic (exact) mass is 1040 g/mol. The minimum atomic E-state index is -0.676. The molecule has 16 rings (SSSR count). The van der Waals surface area contributed by atoms with Crippen molar-refractivity contribution < 1.29 is 9.47 Å². The van der Waals surface area contributed by atoms with E-state index in [2.05, 4.69) is 315 Å². The van der Waals surface area contributed by atoms with Gasteiger partial charge >= 0.3 is 0 Å². The van der Waals surface area contributed by atoms with Crippen molar-refractivity contribution in [3.05, 3.63) is 360 Å². The van der Waals surface area contributed by atoms with Crippen LogP contribution in [0.15, 0.2) is 315 Å². The van der Waals surface area contributed by atoms with Crippen molar-refractivity contribution in [2.45, 2.75) is 10.8 Å². The smallest absolute Gasteiger partial charge is 0.132 e. The van der Waals surface area contributed by atoms with Crippen LogP contribution in [0.3, 0.4) is 0 Å². The summed E-state index contributed by atoms with van der Waals surface area (Å²) in [6.45, 7) is 0. The van der Waals surface area contributed by atoms with Crippen LogP contribution in [0.2, 0.25) is 0 Å². The highest BCUT2D eigenvalue weighted by molar-refractivity contribution is 6.20. The lowest BCUT2D eigenvalue weighted by Crippen LogP contribution is -2.34. The van der Waals surface area contributed by atoms with E-state index in [0.717, 1.165) is 67.5 Å². The maximum atomic E-state index is 6.75. The van der Waals surface area contributed by atoms with Crippen molar-refractivity contribution in [2.75, 3.05) is 0 Å². The Hall–Kier alpha value is -10.5. The van der Waals surface area contributed by atoms with Gasteiger partial charge in [-0.05, 0) is 154 Å². The largest absolute Gasteiger partial charge is 0.457 e. The van der Waals surface area contributed by atoms with Gasteiger partial charge in [0.05, 0.1) is 10.8 Å². The Balaban J connectivity index is 0.979. The Labute approximate surface area is 477 Å². The van der Waals surface area contributed by atoms with Crippen molar-refractivity contribution in [1.82, 2.24) is 0 Å². The van der Waals surface area contributed by atoms with Crippen molar-refractivity contribution in [3.63, 3.8) is 0 Å². The number of fused-ring (bicyclic) bond motifs is 7. The summed E-state index contributed by atoms with van der Waals surface area (Å²) in [7, 11) is 0. The number of hydrogen-bond donors (Lipinski definition) is 0. The summed E-state index contributed by atoms with van der Waals surface area (Å²) in [5.41, 5.74) is 17.1. The molecule has 82 heavy (non-hydrogen) atoms. The highest BCUT2D eigenvalue weighted by atomic mass is 16.5. The fourth-order valence-electron chi connectivity index (χ4n) is 14.1. The van der Waals surface area contributed by atoms with Crippen LogP contribution in [0.4, 0.5) is 0 Å². The minimum Gasteiger partial charge on any atom is -0.457 e. The van der Waals surface area contributed by atoms with E-state index in [1.807, 2.05) is 0 Å². The Kier molecular flexibility index (Phi) is 11.0. The molecule has 0 unspecified atom stereocenters. The lowest BCUT2D eigenvalue weighted by atomic mass is 9.63. The van der Waals surface area contributed by atoms with Gasteiger partial charge in [0, 0.05) is 22.3 Å². The Bertz CT molecular complexity index is 4480. The molecule has 2 aliphatic rings. The van der Waals surface area contributed by atoms with E-state index in [-0.39, 0.29) is 0 Å². The molecule has 0 aliphatic carbocycles. The first-order valence-corrected chi connectivity index (χ1v) is 28.3. The SMILES string of the molecule is c1ccc(-c2cc(-c3c4cccc(-c5cccc(C6(c7ccccc7)c7ccccc7Oc7ccccc76)c5)c4cc4c(-c5cccc(C6(c7ccccc7)c7ccccc7Oc7ccccc76)c5)cccc34)cc3ccccc23)cc1. The van der Waals surface area contributed by atoms with Gasteiger partial charge in [-0.15, -0.1) is 0 Å². The van der Waals surface area contributed by atoms with Gasteiger partial charge < -0.3 is 9.47 Å². The molecule has 0 fully saturated rings. The Morgan fingerprint density at radius 3 is 1.05 bits per heavy atom. The number of ether oxygens (including phenoxy) is 2. The summed E-state index contributed by atoms with van der Waals surface area (Å²) in [6.07, 6.45) is 0. The molecule has 384 valence electrons. The van der Waals surface area contributed by atoms with Crippen LogP contribution in [0.1, 0.15) is 44.5 Å². The molecule has 14 aromatic rings. The molecule has 0 atom stereocenters. The summed E-state index contributed by atoms with van der Waals surface area (Å²) >= 11 is 0. The number of hydrogen-bond acceptors (Lipinski definition) is 2.